The number of imidazole rings is 1. The molecule has 0 radical (unpaired) electrons. The van der Waals surface area contributed by atoms with Crippen LogP contribution in [-0.2, 0) is 13.6 Å². The minimum atomic E-state index is -0.0320. The lowest BCUT2D eigenvalue weighted by atomic mass is 10.2. The highest BCUT2D eigenvalue weighted by molar-refractivity contribution is 5.57. The van der Waals surface area contributed by atoms with Gasteiger partial charge in [-0.3, -0.25) is 4.79 Å². The molecule has 0 fully saturated rings. The molecule has 3 aromatic rings. The van der Waals surface area contributed by atoms with Crippen molar-refractivity contribution >= 4 is 0 Å². The Morgan fingerprint density at radius 2 is 2.00 bits per heavy atom. The van der Waals surface area contributed by atoms with E-state index in [2.05, 4.69) is 11.1 Å². The molecule has 0 saturated carbocycles. The monoisotopic (exact) mass is 304 g/mol. The Kier molecular flexibility index (Phi) is 3.82. The van der Waals surface area contributed by atoms with Gasteiger partial charge in [-0.2, -0.15) is 5.26 Å². The molecule has 2 heterocycles. The molecule has 0 bridgehead atoms. The Morgan fingerprint density at radius 1 is 1.26 bits per heavy atom. The van der Waals surface area contributed by atoms with Gasteiger partial charge in [-0.15, -0.1) is 0 Å². The zero-order chi connectivity index (χ0) is 16.4. The van der Waals surface area contributed by atoms with Crippen LogP contribution in [-0.4, -0.2) is 14.1 Å². The van der Waals surface area contributed by atoms with Crippen molar-refractivity contribution in [2.24, 2.45) is 7.05 Å². The predicted octanol–water partition coefficient (Wildman–Crippen LogP) is 2.48. The van der Waals surface area contributed by atoms with Crippen molar-refractivity contribution in [2.45, 2.75) is 13.5 Å². The van der Waals surface area contributed by atoms with Crippen LogP contribution < -0.4 is 5.56 Å². The minimum absolute atomic E-state index is 0.0320. The van der Waals surface area contributed by atoms with E-state index >= 15 is 0 Å². The van der Waals surface area contributed by atoms with Crippen LogP contribution >= 0.6 is 0 Å². The van der Waals surface area contributed by atoms with Gasteiger partial charge in [0.05, 0.1) is 12.7 Å². The van der Waals surface area contributed by atoms with Crippen LogP contribution in [0.15, 0.2) is 53.6 Å². The lowest BCUT2D eigenvalue weighted by Crippen LogP contribution is -2.19. The normalized spacial score (nSPS) is 10.5. The second-order valence-electron chi connectivity index (χ2n) is 5.48. The fraction of sp³-hybridized carbons (Fsp3) is 0.167. The SMILES string of the molecule is Cc1cc(-c2ncc(C#N)n2Cc2ccccc2)cn(C)c1=O. The summed E-state index contributed by atoms with van der Waals surface area (Å²) >= 11 is 0. The molecule has 114 valence electrons. The first kappa shape index (κ1) is 14.8. The molecular weight excluding hydrogens is 288 g/mol. The molecule has 0 unspecified atom stereocenters. The first-order valence-electron chi connectivity index (χ1n) is 7.27. The average molecular weight is 304 g/mol. The largest absolute Gasteiger partial charge is 0.318 e. The highest BCUT2D eigenvalue weighted by Crippen LogP contribution is 2.21. The Morgan fingerprint density at radius 3 is 2.65 bits per heavy atom. The molecule has 5 nitrogen and oxygen atoms in total. The summed E-state index contributed by atoms with van der Waals surface area (Å²) in [6, 6.07) is 13.9. The summed E-state index contributed by atoms with van der Waals surface area (Å²) in [5.74, 6) is 0.684. The molecule has 3 rings (SSSR count). The van der Waals surface area contributed by atoms with E-state index in [1.54, 1.807) is 26.4 Å². The number of aryl methyl sites for hydroxylation is 2. The van der Waals surface area contributed by atoms with E-state index in [1.807, 2.05) is 41.0 Å². The van der Waals surface area contributed by atoms with E-state index < -0.39 is 0 Å². The van der Waals surface area contributed by atoms with Gasteiger partial charge in [0, 0.05) is 24.4 Å². The number of benzene rings is 1. The number of aromatic nitrogens is 3. The highest BCUT2D eigenvalue weighted by atomic mass is 16.1. The van der Waals surface area contributed by atoms with Crippen LogP contribution in [0.1, 0.15) is 16.8 Å². The van der Waals surface area contributed by atoms with Crippen LogP contribution in [0.4, 0.5) is 0 Å². The van der Waals surface area contributed by atoms with E-state index in [1.165, 1.54) is 4.57 Å². The molecule has 2 aromatic heterocycles. The Hall–Kier alpha value is -3.13. The quantitative estimate of drug-likeness (QED) is 0.746. The van der Waals surface area contributed by atoms with Gasteiger partial charge in [0.15, 0.2) is 0 Å². The Bertz CT molecular complexity index is 919. The number of rotatable bonds is 3. The van der Waals surface area contributed by atoms with E-state index in [4.69, 9.17) is 0 Å². The third kappa shape index (κ3) is 2.79. The van der Waals surface area contributed by atoms with Crippen molar-refractivity contribution in [2.75, 3.05) is 0 Å². The van der Waals surface area contributed by atoms with Crippen LogP contribution in [0.25, 0.3) is 11.4 Å². The first-order chi connectivity index (χ1) is 11.1. The predicted molar refractivity (Wildman–Crippen MR) is 87.9 cm³/mol. The van der Waals surface area contributed by atoms with Crippen LogP contribution in [0.2, 0.25) is 0 Å². The maximum Gasteiger partial charge on any atom is 0.253 e. The standard InChI is InChI=1S/C18H16N4O/c1-13-8-15(12-21(2)18(13)23)17-20-10-16(9-19)22(17)11-14-6-4-3-5-7-14/h3-8,10,12H,11H2,1-2H3. The van der Waals surface area contributed by atoms with Crippen LogP contribution in [0, 0.1) is 18.3 Å². The summed E-state index contributed by atoms with van der Waals surface area (Å²) in [6.07, 6.45) is 3.32. The average Bonchev–Trinajstić information content (AvgIpc) is 2.96. The number of nitriles is 1. The number of nitrogens with zero attached hydrogens (tertiary/aromatic N) is 4. The smallest absolute Gasteiger partial charge is 0.253 e. The summed E-state index contributed by atoms with van der Waals surface area (Å²) < 4.78 is 3.41. The fourth-order valence-corrected chi connectivity index (χ4v) is 2.62. The Labute approximate surface area is 134 Å². The van der Waals surface area contributed by atoms with Gasteiger partial charge < -0.3 is 9.13 Å². The van der Waals surface area contributed by atoms with Gasteiger partial charge in [0.2, 0.25) is 0 Å². The van der Waals surface area contributed by atoms with E-state index in [0.29, 0.717) is 23.6 Å². The van der Waals surface area contributed by atoms with Gasteiger partial charge in [0.25, 0.3) is 5.56 Å². The molecule has 0 aliphatic heterocycles. The molecule has 0 N–H and O–H groups in total. The lowest BCUT2D eigenvalue weighted by Gasteiger charge is -2.11. The molecule has 23 heavy (non-hydrogen) atoms. The van der Waals surface area contributed by atoms with Crippen LogP contribution in [0.5, 0.6) is 0 Å². The summed E-state index contributed by atoms with van der Waals surface area (Å²) in [6.45, 7) is 2.34. The van der Waals surface area contributed by atoms with Crippen molar-refractivity contribution in [3.8, 4) is 17.5 Å². The lowest BCUT2D eigenvalue weighted by molar-refractivity contribution is 0.789. The van der Waals surface area contributed by atoms with Gasteiger partial charge in [-0.1, -0.05) is 30.3 Å². The van der Waals surface area contributed by atoms with Gasteiger partial charge in [-0.25, -0.2) is 4.98 Å². The molecule has 0 amide bonds. The topological polar surface area (TPSA) is 63.6 Å². The summed E-state index contributed by atoms with van der Waals surface area (Å²) in [7, 11) is 1.72. The van der Waals surface area contributed by atoms with Gasteiger partial charge in [-0.05, 0) is 18.6 Å². The van der Waals surface area contributed by atoms with E-state index in [0.717, 1.165) is 11.1 Å². The molecule has 1 aromatic carbocycles. The maximum atomic E-state index is 11.9. The number of pyridine rings is 1. The van der Waals surface area contributed by atoms with Crippen molar-refractivity contribution in [1.82, 2.24) is 14.1 Å². The summed E-state index contributed by atoms with van der Waals surface area (Å²) in [4.78, 5) is 16.3. The minimum Gasteiger partial charge on any atom is -0.318 e. The van der Waals surface area contributed by atoms with Crippen molar-refractivity contribution in [1.29, 1.82) is 5.26 Å². The third-order valence-electron chi connectivity index (χ3n) is 3.77. The van der Waals surface area contributed by atoms with Crippen LogP contribution in [0.3, 0.4) is 0 Å². The molecule has 0 saturated heterocycles. The molecule has 0 aliphatic rings. The number of hydrogen-bond acceptors (Lipinski definition) is 3. The molecule has 0 aliphatic carbocycles. The van der Waals surface area contributed by atoms with Crippen molar-refractivity contribution in [3.05, 3.63) is 76.0 Å². The summed E-state index contributed by atoms with van der Waals surface area (Å²) in [5, 5.41) is 9.34. The van der Waals surface area contributed by atoms with E-state index in [-0.39, 0.29) is 5.56 Å². The fourth-order valence-electron chi connectivity index (χ4n) is 2.62. The highest BCUT2D eigenvalue weighted by Gasteiger charge is 2.14. The molecule has 0 atom stereocenters. The second-order valence-corrected chi connectivity index (χ2v) is 5.48. The zero-order valence-corrected chi connectivity index (χ0v) is 13.0. The van der Waals surface area contributed by atoms with Gasteiger partial charge in [0.1, 0.15) is 17.6 Å². The van der Waals surface area contributed by atoms with E-state index in [9.17, 15) is 10.1 Å². The first-order valence-corrected chi connectivity index (χ1v) is 7.27. The van der Waals surface area contributed by atoms with Gasteiger partial charge >= 0.3 is 0 Å². The zero-order valence-electron chi connectivity index (χ0n) is 13.0. The molecule has 5 heteroatoms. The molecular formula is C18H16N4O. The van der Waals surface area contributed by atoms with Crippen molar-refractivity contribution < 1.29 is 0 Å². The maximum absolute atomic E-state index is 11.9. The second kappa shape index (κ2) is 5.93. The third-order valence-corrected chi connectivity index (χ3v) is 3.77. The molecule has 0 spiro atoms. The summed E-state index contributed by atoms with van der Waals surface area (Å²) in [5.41, 5.74) is 3.02. The van der Waals surface area contributed by atoms with Crippen molar-refractivity contribution in [3.63, 3.8) is 0 Å². The Balaban J connectivity index is 2.13. The number of hydrogen-bond donors (Lipinski definition) is 0.